The average molecular weight is 239 g/mol. The number of nitrogens with zero attached hydrogens (tertiary/aromatic N) is 4. The summed E-state index contributed by atoms with van der Waals surface area (Å²) in [6.07, 6.45) is 4.78. The third-order valence-corrected chi connectivity index (χ3v) is 2.82. The monoisotopic (exact) mass is 239 g/mol. The van der Waals surface area contributed by atoms with E-state index < -0.39 is 0 Å². The molecule has 0 aliphatic carbocycles. The summed E-state index contributed by atoms with van der Waals surface area (Å²) in [6, 6.07) is 0. The summed E-state index contributed by atoms with van der Waals surface area (Å²) in [7, 11) is 0. The van der Waals surface area contributed by atoms with Crippen LogP contribution in [0.15, 0.2) is 10.2 Å². The number of hydrogen-bond donors (Lipinski definition) is 1. The van der Waals surface area contributed by atoms with Crippen LogP contribution in [0.2, 0.25) is 0 Å². The molecule has 0 unspecified atom stereocenters. The Kier molecular flexibility index (Phi) is 3.92. The molecule has 0 aromatic heterocycles. The van der Waals surface area contributed by atoms with Crippen LogP contribution in [0.25, 0.3) is 0 Å². The zero-order chi connectivity index (χ0) is 12.1. The first-order valence-electron chi connectivity index (χ1n) is 5.84. The predicted molar refractivity (Wildman–Crippen MR) is 62.9 cm³/mol. The molecular weight excluding hydrogens is 222 g/mol. The lowest BCUT2D eigenvalue weighted by Crippen LogP contribution is -2.51. The van der Waals surface area contributed by atoms with E-state index in [4.69, 9.17) is 4.74 Å². The second kappa shape index (κ2) is 5.62. The molecule has 0 radical (unpaired) electrons. The van der Waals surface area contributed by atoms with Crippen LogP contribution >= 0.6 is 0 Å². The normalized spacial score (nSPS) is 21.4. The van der Waals surface area contributed by atoms with Crippen LogP contribution in [0.4, 0.5) is 0 Å². The predicted octanol–water partition coefficient (Wildman–Crippen LogP) is -0.0317. The summed E-state index contributed by atoms with van der Waals surface area (Å²) >= 11 is 0. The highest BCUT2D eigenvalue weighted by molar-refractivity contribution is 6.16. The number of esters is 1. The molecule has 2 aliphatic heterocycles. The summed E-state index contributed by atoms with van der Waals surface area (Å²) in [6.45, 7) is 3.82. The van der Waals surface area contributed by atoms with Crippen molar-refractivity contribution in [3.8, 4) is 0 Å². The molecule has 1 saturated heterocycles. The van der Waals surface area contributed by atoms with Gasteiger partial charge in [0.1, 0.15) is 0 Å². The largest absolute Gasteiger partial charge is 0.466 e. The lowest BCUT2D eigenvalue weighted by molar-refractivity contribution is -0.153. The summed E-state index contributed by atoms with van der Waals surface area (Å²) in [5.41, 5.74) is 2.77. The van der Waals surface area contributed by atoms with Crippen LogP contribution in [0.5, 0.6) is 0 Å². The third-order valence-electron chi connectivity index (χ3n) is 2.82. The maximum absolute atomic E-state index is 11.6. The number of nitrogens with one attached hydrogen (secondary N) is 1. The van der Waals surface area contributed by atoms with Crippen molar-refractivity contribution in [2.75, 3.05) is 19.7 Å². The van der Waals surface area contributed by atoms with Crippen molar-refractivity contribution in [1.29, 1.82) is 0 Å². The highest BCUT2D eigenvalue weighted by Crippen LogP contribution is 2.19. The fourth-order valence-electron chi connectivity index (χ4n) is 1.92. The minimum absolute atomic E-state index is 0.0171. The zero-order valence-corrected chi connectivity index (χ0v) is 9.87. The topological polar surface area (TPSA) is 69.5 Å². The van der Waals surface area contributed by atoms with Crippen molar-refractivity contribution >= 4 is 18.4 Å². The second-order valence-corrected chi connectivity index (χ2v) is 3.91. The van der Waals surface area contributed by atoms with Gasteiger partial charge in [-0.15, -0.1) is 10.3 Å². The molecule has 7 nitrogen and oxygen atoms in total. The molecule has 0 amide bonds. The van der Waals surface area contributed by atoms with Crippen LogP contribution in [-0.2, 0) is 9.53 Å². The van der Waals surface area contributed by atoms with Crippen molar-refractivity contribution in [2.45, 2.75) is 19.8 Å². The number of ether oxygens (including phenoxy) is 1. The molecule has 94 valence electrons. The van der Waals surface area contributed by atoms with E-state index in [0.717, 1.165) is 25.9 Å². The average Bonchev–Trinajstić information content (AvgIpc) is 2.40. The van der Waals surface area contributed by atoms with Crippen LogP contribution < -0.4 is 5.53 Å². The summed E-state index contributed by atoms with van der Waals surface area (Å²) in [4.78, 5) is 11.6. The number of hydrogen-bond acceptors (Lipinski definition) is 7. The molecule has 7 heteroatoms. The Labute approximate surface area is 100 Å². The van der Waals surface area contributed by atoms with Gasteiger partial charge in [-0.3, -0.25) is 4.79 Å². The minimum Gasteiger partial charge on any atom is -0.466 e. The van der Waals surface area contributed by atoms with Crippen molar-refractivity contribution < 1.29 is 9.53 Å². The number of hydrazine groups is 2. The maximum Gasteiger partial charge on any atom is 0.309 e. The molecule has 1 N–H and O–H groups in total. The highest BCUT2D eigenvalue weighted by Gasteiger charge is 2.28. The number of hydrazone groups is 2. The molecular formula is C10H17N5O2. The van der Waals surface area contributed by atoms with Crippen molar-refractivity contribution in [3.05, 3.63) is 0 Å². The highest BCUT2D eigenvalue weighted by atomic mass is 16.5. The third kappa shape index (κ3) is 2.94. The molecule has 2 rings (SSSR count). The van der Waals surface area contributed by atoms with Gasteiger partial charge in [0.05, 0.1) is 25.0 Å². The molecule has 0 atom stereocenters. The van der Waals surface area contributed by atoms with E-state index in [1.807, 2.05) is 11.9 Å². The van der Waals surface area contributed by atoms with Crippen LogP contribution in [0.1, 0.15) is 19.8 Å². The van der Waals surface area contributed by atoms with E-state index in [0.29, 0.717) is 6.61 Å². The van der Waals surface area contributed by atoms with Gasteiger partial charge in [-0.25, -0.2) is 0 Å². The van der Waals surface area contributed by atoms with Crippen LogP contribution in [-0.4, -0.2) is 48.3 Å². The summed E-state index contributed by atoms with van der Waals surface area (Å²) in [5.74, 6) is -0.0660. The summed E-state index contributed by atoms with van der Waals surface area (Å²) < 4.78 is 5.02. The van der Waals surface area contributed by atoms with E-state index >= 15 is 0 Å². The first kappa shape index (κ1) is 11.8. The Bertz CT molecular complexity index is 323. The first-order valence-corrected chi connectivity index (χ1v) is 5.84. The Morgan fingerprint density at radius 2 is 2.24 bits per heavy atom. The van der Waals surface area contributed by atoms with E-state index in [1.54, 1.807) is 17.7 Å². The van der Waals surface area contributed by atoms with Crippen molar-refractivity contribution in [1.82, 2.24) is 15.8 Å². The van der Waals surface area contributed by atoms with E-state index in [9.17, 15) is 4.79 Å². The van der Waals surface area contributed by atoms with Gasteiger partial charge in [-0.2, -0.15) is 15.6 Å². The van der Waals surface area contributed by atoms with Crippen LogP contribution in [0, 0.1) is 5.92 Å². The van der Waals surface area contributed by atoms with E-state index in [-0.39, 0.29) is 11.9 Å². The number of rotatable bonds is 3. The minimum atomic E-state index is -0.0831. The molecule has 0 aromatic carbocycles. The Morgan fingerprint density at radius 3 is 2.82 bits per heavy atom. The first-order chi connectivity index (χ1) is 8.31. The fraction of sp³-hybridized carbons (Fsp3) is 0.700. The molecule has 2 aliphatic rings. The van der Waals surface area contributed by atoms with Gasteiger partial charge in [0.2, 0.25) is 0 Å². The Morgan fingerprint density at radius 1 is 1.47 bits per heavy atom. The Balaban J connectivity index is 1.79. The molecule has 0 spiro atoms. The molecule has 17 heavy (non-hydrogen) atoms. The molecule has 0 bridgehead atoms. The Hall–Kier alpha value is -1.63. The number of piperidine rings is 1. The SMILES string of the molecule is CCOC(=O)C1CCN(N2N=CC=NN2)CC1. The maximum atomic E-state index is 11.6. The number of carbonyl (C=O) groups is 1. The molecule has 2 heterocycles. The smallest absolute Gasteiger partial charge is 0.309 e. The standard InChI is InChI=1S/C10H17N5O2/c1-2-17-10(16)9-3-7-14(8-4-9)15-12-6-5-11-13-15/h5-6,9,13H,2-4,7-8H2,1H3. The van der Waals surface area contributed by atoms with Gasteiger partial charge in [-0.1, -0.05) is 0 Å². The quantitative estimate of drug-likeness (QED) is 0.700. The van der Waals surface area contributed by atoms with Crippen molar-refractivity contribution in [3.63, 3.8) is 0 Å². The molecule has 0 saturated carbocycles. The van der Waals surface area contributed by atoms with Crippen LogP contribution in [0.3, 0.4) is 0 Å². The van der Waals surface area contributed by atoms with Crippen molar-refractivity contribution in [2.24, 2.45) is 16.1 Å². The van der Waals surface area contributed by atoms with E-state index in [2.05, 4.69) is 15.7 Å². The summed E-state index contributed by atoms with van der Waals surface area (Å²) in [5, 5.41) is 11.6. The van der Waals surface area contributed by atoms with Gasteiger partial charge in [-0.05, 0) is 19.8 Å². The van der Waals surface area contributed by atoms with Gasteiger partial charge in [0, 0.05) is 13.1 Å². The second-order valence-electron chi connectivity index (χ2n) is 3.91. The number of carbonyl (C=O) groups excluding carboxylic acids is 1. The van der Waals surface area contributed by atoms with Gasteiger partial charge in [0.25, 0.3) is 0 Å². The zero-order valence-electron chi connectivity index (χ0n) is 9.87. The fourth-order valence-corrected chi connectivity index (χ4v) is 1.92. The molecule has 1 fully saturated rings. The molecule has 0 aromatic rings. The van der Waals surface area contributed by atoms with Gasteiger partial charge < -0.3 is 4.74 Å². The lowest BCUT2D eigenvalue weighted by Gasteiger charge is -2.36. The van der Waals surface area contributed by atoms with Gasteiger partial charge in [0.15, 0.2) is 0 Å². The van der Waals surface area contributed by atoms with E-state index in [1.165, 1.54) is 0 Å². The van der Waals surface area contributed by atoms with Gasteiger partial charge >= 0.3 is 5.97 Å². The lowest BCUT2D eigenvalue weighted by atomic mass is 9.98.